The Labute approximate surface area is 89.1 Å². The number of fused-ring (bicyclic) bond motifs is 1. The van der Waals surface area contributed by atoms with Gasteiger partial charge in [0.05, 0.1) is 0 Å². The third-order valence-electron chi connectivity index (χ3n) is 2.49. The molecule has 1 aliphatic rings. The second-order valence-electron chi connectivity index (χ2n) is 3.50. The molecule has 0 N–H and O–H groups in total. The summed E-state index contributed by atoms with van der Waals surface area (Å²) < 4.78 is 24.4. The van der Waals surface area contributed by atoms with Crippen molar-refractivity contribution >= 4 is 11.6 Å². The fourth-order valence-corrected chi connectivity index (χ4v) is 1.91. The van der Waals surface area contributed by atoms with Gasteiger partial charge in [-0.2, -0.15) is 0 Å². The van der Waals surface area contributed by atoms with Crippen molar-refractivity contribution in [3.05, 3.63) is 34.3 Å². The van der Waals surface area contributed by atoms with Crippen molar-refractivity contribution in [2.45, 2.75) is 38.5 Å². The summed E-state index contributed by atoms with van der Waals surface area (Å²) in [6.45, 7) is 1.84. The Hall–Kier alpha value is -0.490. The molecule has 0 aliphatic heterocycles. The molecule has 0 radical (unpaired) electrons. The maximum atomic E-state index is 8.30. The Morgan fingerprint density at radius 1 is 1.54 bits per heavy atom. The first-order valence-electron chi connectivity index (χ1n) is 6.13. The average Bonchev–Trinajstić information content (AvgIpc) is 2.23. The first-order valence-corrected chi connectivity index (χ1v) is 5.01. The molecule has 0 unspecified atom stereocenters. The predicted molar refractivity (Wildman–Crippen MR) is 57.4 cm³/mol. The van der Waals surface area contributed by atoms with Gasteiger partial charge < -0.3 is 0 Å². The van der Waals surface area contributed by atoms with Gasteiger partial charge in [-0.05, 0) is 48.4 Å². The van der Waals surface area contributed by atoms with Crippen LogP contribution in [0.1, 0.15) is 47.3 Å². The zero-order valence-electron chi connectivity index (χ0n) is 10.7. The Balaban J connectivity index is 2.65. The van der Waals surface area contributed by atoms with Crippen LogP contribution in [0.15, 0.2) is 18.2 Å². The molecule has 0 fully saturated rings. The SMILES string of the molecule is [2H]C1([2H])CCC[C@]([2H])(C)c2cc(Cl)ccc21. The standard InChI is InChI=1S/C12H15Cl/c1-9-4-2-3-5-10-6-7-11(13)8-12(9)10/h6-9H,2-5H2,1H3/t9-/m0/s1/i5D2,9D. The zero-order chi connectivity index (χ0) is 12.0. The first-order chi connectivity index (χ1) is 7.33. The van der Waals surface area contributed by atoms with E-state index in [1.165, 1.54) is 0 Å². The van der Waals surface area contributed by atoms with Crippen LogP contribution in [-0.2, 0) is 6.37 Å². The highest BCUT2D eigenvalue weighted by Gasteiger charge is 2.14. The maximum absolute atomic E-state index is 8.30. The Bertz CT molecular complexity index is 413. The van der Waals surface area contributed by atoms with Crippen LogP contribution in [0.25, 0.3) is 0 Å². The summed E-state index contributed by atoms with van der Waals surface area (Å²) in [7, 11) is 0. The highest BCUT2D eigenvalue weighted by molar-refractivity contribution is 6.30. The summed E-state index contributed by atoms with van der Waals surface area (Å²) in [5.41, 5.74) is 1.37. The van der Waals surface area contributed by atoms with E-state index < -0.39 is 12.3 Å². The van der Waals surface area contributed by atoms with Crippen LogP contribution in [0.5, 0.6) is 0 Å². The van der Waals surface area contributed by atoms with Gasteiger partial charge in [0.2, 0.25) is 0 Å². The molecular weight excluding hydrogens is 180 g/mol. The van der Waals surface area contributed by atoms with Gasteiger partial charge in [-0.3, -0.25) is 0 Å². The van der Waals surface area contributed by atoms with Crippen molar-refractivity contribution < 1.29 is 4.11 Å². The minimum Gasteiger partial charge on any atom is -0.0843 e. The number of rotatable bonds is 0. The maximum Gasteiger partial charge on any atom is 0.0409 e. The molecule has 0 aromatic heterocycles. The van der Waals surface area contributed by atoms with Gasteiger partial charge in [-0.1, -0.05) is 31.0 Å². The predicted octanol–water partition coefficient (Wildman–Crippen LogP) is 4.17. The summed E-state index contributed by atoms with van der Waals surface area (Å²) >= 11 is 5.94. The number of aryl methyl sites for hydroxylation is 1. The minimum absolute atomic E-state index is 0.482. The van der Waals surface area contributed by atoms with Crippen LogP contribution in [-0.4, -0.2) is 0 Å². The molecule has 0 heterocycles. The third-order valence-corrected chi connectivity index (χ3v) is 2.72. The lowest BCUT2D eigenvalue weighted by Gasteiger charge is -2.12. The highest BCUT2D eigenvalue weighted by Crippen LogP contribution is 2.31. The normalized spacial score (nSPS) is 35.1. The molecule has 1 heteroatoms. The van der Waals surface area contributed by atoms with Gasteiger partial charge in [-0.25, -0.2) is 0 Å². The van der Waals surface area contributed by atoms with Crippen LogP contribution in [0, 0.1) is 0 Å². The van der Waals surface area contributed by atoms with Crippen molar-refractivity contribution in [1.82, 2.24) is 0 Å². The molecule has 2 rings (SSSR count). The van der Waals surface area contributed by atoms with Crippen LogP contribution in [0.2, 0.25) is 5.02 Å². The Kier molecular flexibility index (Phi) is 1.74. The molecule has 0 saturated heterocycles. The minimum atomic E-state index is -1.33. The Morgan fingerprint density at radius 3 is 3.23 bits per heavy atom. The van der Waals surface area contributed by atoms with Gasteiger partial charge in [0, 0.05) is 9.13 Å². The molecule has 1 aliphatic carbocycles. The molecule has 0 nitrogen and oxygen atoms in total. The fraction of sp³-hybridized carbons (Fsp3) is 0.500. The average molecular weight is 198 g/mol. The van der Waals surface area contributed by atoms with Crippen LogP contribution in [0.3, 0.4) is 0 Å². The van der Waals surface area contributed by atoms with Gasteiger partial charge >= 0.3 is 0 Å². The second kappa shape index (κ2) is 3.71. The number of hydrogen-bond acceptors (Lipinski definition) is 0. The van der Waals surface area contributed by atoms with Crippen molar-refractivity contribution in [3.8, 4) is 0 Å². The summed E-state index contributed by atoms with van der Waals surface area (Å²) in [5, 5.41) is 0.579. The summed E-state index contributed by atoms with van der Waals surface area (Å²) in [4.78, 5) is 0. The van der Waals surface area contributed by atoms with Crippen LogP contribution >= 0.6 is 11.6 Å². The molecule has 0 bridgehead atoms. The second-order valence-corrected chi connectivity index (χ2v) is 3.94. The summed E-state index contributed by atoms with van der Waals surface area (Å²) in [6.07, 6.45) is 0.563. The first kappa shape index (κ1) is 6.08. The number of hydrogen-bond donors (Lipinski definition) is 0. The smallest absolute Gasteiger partial charge is 0.0409 e. The van der Waals surface area contributed by atoms with E-state index in [9.17, 15) is 0 Å². The highest BCUT2D eigenvalue weighted by atomic mass is 35.5. The van der Waals surface area contributed by atoms with E-state index >= 15 is 0 Å². The molecule has 0 spiro atoms. The van der Waals surface area contributed by atoms with E-state index in [4.69, 9.17) is 15.7 Å². The van der Waals surface area contributed by atoms with Crippen molar-refractivity contribution in [2.75, 3.05) is 0 Å². The molecule has 1 aromatic rings. The quantitative estimate of drug-likeness (QED) is 0.548. The van der Waals surface area contributed by atoms with E-state index in [1.807, 2.05) is 6.92 Å². The summed E-state index contributed by atoms with van der Waals surface area (Å²) in [5.74, 6) is -0.732. The van der Waals surface area contributed by atoms with Gasteiger partial charge in [0.1, 0.15) is 0 Å². The van der Waals surface area contributed by atoms with E-state index in [1.54, 1.807) is 18.2 Å². The molecule has 13 heavy (non-hydrogen) atoms. The van der Waals surface area contributed by atoms with Crippen LogP contribution in [0.4, 0.5) is 0 Å². The largest absolute Gasteiger partial charge is 0.0843 e. The third kappa shape index (κ3) is 1.88. The molecule has 0 amide bonds. The number of benzene rings is 1. The number of halogens is 1. The molecule has 1 aromatic carbocycles. The van der Waals surface area contributed by atoms with E-state index in [0.29, 0.717) is 23.4 Å². The van der Waals surface area contributed by atoms with Crippen LogP contribution < -0.4 is 0 Å². The molecule has 70 valence electrons. The Morgan fingerprint density at radius 2 is 2.38 bits per heavy atom. The fourth-order valence-electron chi connectivity index (χ4n) is 1.73. The molecular formula is C12H15Cl. The zero-order valence-corrected chi connectivity index (χ0v) is 8.49. The van der Waals surface area contributed by atoms with Gasteiger partial charge in [0.15, 0.2) is 0 Å². The lowest BCUT2D eigenvalue weighted by atomic mass is 9.94. The molecule has 0 saturated carbocycles. The topological polar surface area (TPSA) is 0 Å². The monoisotopic (exact) mass is 197 g/mol. The van der Waals surface area contributed by atoms with Crippen molar-refractivity contribution in [1.29, 1.82) is 0 Å². The van der Waals surface area contributed by atoms with Crippen molar-refractivity contribution in [3.63, 3.8) is 0 Å². The molecule has 1 atom stereocenters. The summed E-state index contributed by atoms with van der Waals surface area (Å²) in [6, 6.07) is 5.18. The van der Waals surface area contributed by atoms with E-state index in [0.717, 1.165) is 12.0 Å². The lowest BCUT2D eigenvalue weighted by molar-refractivity contribution is 0.635. The van der Waals surface area contributed by atoms with Crippen molar-refractivity contribution in [2.24, 2.45) is 0 Å². The van der Waals surface area contributed by atoms with E-state index in [2.05, 4.69) is 0 Å². The van der Waals surface area contributed by atoms with Gasteiger partial charge in [0.25, 0.3) is 0 Å². The lowest BCUT2D eigenvalue weighted by Crippen LogP contribution is -1.95. The van der Waals surface area contributed by atoms with E-state index in [-0.39, 0.29) is 0 Å². The van der Waals surface area contributed by atoms with Gasteiger partial charge in [-0.15, -0.1) is 0 Å².